The van der Waals surface area contributed by atoms with E-state index in [4.69, 9.17) is 0 Å². The Hall–Kier alpha value is -0.300. The van der Waals surface area contributed by atoms with E-state index in [0.29, 0.717) is 5.41 Å². The number of hydrogen-bond acceptors (Lipinski definition) is 1. The molecule has 0 radical (unpaired) electrons. The molecule has 0 aromatic heterocycles. The van der Waals surface area contributed by atoms with Crippen LogP contribution in [0.15, 0.2) is 12.7 Å². The van der Waals surface area contributed by atoms with Crippen LogP contribution in [0.5, 0.6) is 0 Å². The van der Waals surface area contributed by atoms with Gasteiger partial charge < -0.3 is 4.90 Å². The Morgan fingerprint density at radius 2 is 1.76 bits per heavy atom. The van der Waals surface area contributed by atoms with Crippen LogP contribution in [0.2, 0.25) is 0 Å². The van der Waals surface area contributed by atoms with Gasteiger partial charge in [-0.1, -0.05) is 26.8 Å². The van der Waals surface area contributed by atoms with E-state index in [9.17, 15) is 0 Å². The van der Waals surface area contributed by atoms with Crippen LogP contribution in [-0.4, -0.2) is 24.0 Å². The van der Waals surface area contributed by atoms with Crippen molar-refractivity contribution in [1.29, 1.82) is 0 Å². The molecule has 0 spiro atoms. The third-order valence-corrected chi connectivity index (χ3v) is 5.20. The molecule has 1 saturated carbocycles. The molecule has 1 saturated heterocycles. The summed E-state index contributed by atoms with van der Waals surface area (Å²) < 4.78 is 0. The molecule has 2 aliphatic rings. The summed E-state index contributed by atoms with van der Waals surface area (Å²) in [5, 5.41) is 0. The average Bonchev–Trinajstić information content (AvgIpc) is 2.28. The minimum absolute atomic E-state index is 0.452. The van der Waals surface area contributed by atoms with Crippen molar-refractivity contribution in [2.75, 3.05) is 13.1 Å². The van der Waals surface area contributed by atoms with Gasteiger partial charge in [0.2, 0.25) is 0 Å². The Labute approximate surface area is 107 Å². The lowest BCUT2D eigenvalue weighted by molar-refractivity contribution is 0.0467. The van der Waals surface area contributed by atoms with Crippen molar-refractivity contribution in [3.05, 3.63) is 12.7 Å². The average molecular weight is 235 g/mol. The lowest BCUT2D eigenvalue weighted by Crippen LogP contribution is -2.46. The summed E-state index contributed by atoms with van der Waals surface area (Å²) in [6, 6.07) is 0.841. The fourth-order valence-electron chi connectivity index (χ4n) is 3.77. The molecular weight excluding hydrogens is 206 g/mol. The maximum Gasteiger partial charge on any atom is 0.0101 e. The molecule has 1 aliphatic carbocycles. The van der Waals surface area contributed by atoms with Crippen LogP contribution in [0.25, 0.3) is 0 Å². The van der Waals surface area contributed by atoms with E-state index in [1.165, 1.54) is 45.2 Å². The summed E-state index contributed by atoms with van der Waals surface area (Å²) in [4.78, 5) is 2.76. The van der Waals surface area contributed by atoms with Gasteiger partial charge in [0.15, 0.2) is 0 Å². The zero-order valence-electron chi connectivity index (χ0n) is 11.9. The third-order valence-electron chi connectivity index (χ3n) is 5.20. The number of allylic oxidation sites excluding steroid dienone is 1. The van der Waals surface area contributed by atoms with E-state index in [1.807, 2.05) is 0 Å². The van der Waals surface area contributed by atoms with Crippen molar-refractivity contribution in [3.63, 3.8) is 0 Å². The molecular formula is C16H29N. The van der Waals surface area contributed by atoms with Gasteiger partial charge in [-0.2, -0.15) is 0 Å². The first-order chi connectivity index (χ1) is 8.03. The second kappa shape index (κ2) is 5.14. The highest BCUT2D eigenvalue weighted by molar-refractivity contribution is 4.97. The number of likely N-dealkylation sites (tertiary alicyclic amines) is 1. The van der Waals surface area contributed by atoms with E-state index in [2.05, 4.69) is 38.3 Å². The SMILES string of the molecule is C=C[C@H]1CC[C@@H](N2CCC(C)CC2)CC1(C)C. The van der Waals surface area contributed by atoms with E-state index < -0.39 is 0 Å². The smallest absolute Gasteiger partial charge is 0.0101 e. The highest BCUT2D eigenvalue weighted by atomic mass is 15.2. The van der Waals surface area contributed by atoms with E-state index in [-0.39, 0.29) is 0 Å². The fourth-order valence-corrected chi connectivity index (χ4v) is 3.77. The second-order valence-corrected chi connectivity index (χ2v) is 6.98. The van der Waals surface area contributed by atoms with Gasteiger partial charge in [-0.25, -0.2) is 0 Å². The molecule has 0 N–H and O–H groups in total. The molecule has 0 aromatic carbocycles. The molecule has 0 amide bonds. The van der Waals surface area contributed by atoms with E-state index >= 15 is 0 Å². The lowest BCUT2D eigenvalue weighted by Gasteiger charge is -2.46. The molecule has 1 heterocycles. The van der Waals surface area contributed by atoms with E-state index in [1.54, 1.807) is 0 Å². The van der Waals surface area contributed by atoms with Crippen molar-refractivity contribution in [2.45, 2.75) is 58.9 Å². The molecule has 2 rings (SSSR count). The van der Waals surface area contributed by atoms with E-state index in [0.717, 1.165) is 17.9 Å². The number of hydrogen-bond donors (Lipinski definition) is 0. The summed E-state index contributed by atoms with van der Waals surface area (Å²) in [7, 11) is 0. The predicted octanol–water partition coefficient (Wildman–Crippen LogP) is 4.10. The Morgan fingerprint density at radius 1 is 1.12 bits per heavy atom. The van der Waals surface area contributed by atoms with Crippen LogP contribution in [0.3, 0.4) is 0 Å². The highest BCUT2D eigenvalue weighted by Gasteiger charge is 2.37. The minimum atomic E-state index is 0.452. The second-order valence-electron chi connectivity index (χ2n) is 6.98. The standard InChI is InChI=1S/C16H29N/c1-5-14-6-7-15(12-16(14,3)4)17-10-8-13(2)9-11-17/h5,13-15H,1,6-12H2,2-4H3/t14-,15+/m0/s1. The van der Waals surface area contributed by atoms with Gasteiger partial charge in [0.05, 0.1) is 0 Å². The zero-order chi connectivity index (χ0) is 12.5. The summed E-state index contributed by atoms with van der Waals surface area (Å²) in [6.45, 7) is 13.9. The van der Waals surface area contributed by atoms with Gasteiger partial charge in [0, 0.05) is 6.04 Å². The van der Waals surface area contributed by atoms with Gasteiger partial charge >= 0.3 is 0 Å². The fraction of sp³-hybridized carbons (Fsp3) is 0.875. The summed E-state index contributed by atoms with van der Waals surface area (Å²) >= 11 is 0. The molecule has 1 nitrogen and oxygen atoms in total. The lowest BCUT2D eigenvalue weighted by atomic mass is 9.66. The molecule has 17 heavy (non-hydrogen) atoms. The van der Waals surface area contributed by atoms with Crippen molar-refractivity contribution < 1.29 is 0 Å². The number of rotatable bonds is 2. The first-order valence-electron chi connectivity index (χ1n) is 7.39. The minimum Gasteiger partial charge on any atom is -0.300 e. The number of nitrogens with zero attached hydrogens (tertiary/aromatic N) is 1. The summed E-state index contributed by atoms with van der Waals surface area (Å²) in [5.74, 6) is 1.67. The van der Waals surface area contributed by atoms with Crippen molar-refractivity contribution in [1.82, 2.24) is 4.90 Å². The normalized spacial score (nSPS) is 35.7. The van der Waals surface area contributed by atoms with Crippen LogP contribution in [0.4, 0.5) is 0 Å². The molecule has 2 fully saturated rings. The van der Waals surface area contributed by atoms with Crippen LogP contribution in [-0.2, 0) is 0 Å². The quantitative estimate of drug-likeness (QED) is 0.651. The van der Waals surface area contributed by atoms with Gasteiger partial charge in [0.25, 0.3) is 0 Å². The highest BCUT2D eigenvalue weighted by Crippen LogP contribution is 2.43. The van der Waals surface area contributed by atoms with Crippen molar-refractivity contribution in [3.8, 4) is 0 Å². The van der Waals surface area contributed by atoms with Gasteiger partial charge in [-0.15, -0.1) is 6.58 Å². The Kier molecular flexibility index (Phi) is 3.97. The largest absolute Gasteiger partial charge is 0.300 e. The van der Waals surface area contributed by atoms with Gasteiger partial charge in [-0.05, 0) is 62.4 Å². The van der Waals surface area contributed by atoms with Crippen molar-refractivity contribution >= 4 is 0 Å². The predicted molar refractivity (Wildman–Crippen MR) is 75.1 cm³/mol. The van der Waals surface area contributed by atoms with Crippen LogP contribution in [0.1, 0.15) is 52.9 Å². The first kappa shape index (κ1) is 13.1. The molecule has 1 aliphatic heterocycles. The Balaban J connectivity index is 1.93. The zero-order valence-corrected chi connectivity index (χ0v) is 11.9. The maximum absolute atomic E-state index is 4.01. The molecule has 98 valence electrons. The monoisotopic (exact) mass is 235 g/mol. The summed E-state index contributed by atoms with van der Waals surface area (Å²) in [5.41, 5.74) is 0.452. The molecule has 0 aromatic rings. The molecule has 1 heteroatoms. The topological polar surface area (TPSA) is 3.24 Å². The van der Waals surface area contributed by atoms with Gasteiger partial charge in [0.1, 0.15) is 0 Å². The number of piperidine rings is 1. The Bertz CT molecular complexity index is 261. The van der Waals surface area contributed by atoms with Crippen LogP contribution < -0.4 is 0 Å². The summed E-state index contributed by atoms with van der Waals surface area (Å²) in [6.07, 6.45) is 9.08. The Morgan fingerprint density at radius 3 is 2.29 bits per heavy atom. The molecule has 2 atom stereocenters. The molecule has 0 unspecified atom stereocenters. The third kappa shape index (κ3) is 2.93. The van der Waals surface area contributed by atoms with Crippen molar-refractivity contribution in [2.24, 2.45) is 17.3 Å². The molecule has 0 bridgehead atoms. The van der Waals surface area contributed by atoms with Crippen LogP contribution >= 0.6 is 0 Å². The van der Waals surface area contributed by atoms with Gasteiger partial charge in [-0.3, -0.25) is 0 Å². The first-order valence-corrected chi connectivity index (χ1v) is 7.39. The van der Waals surface area contributed by atoms with Crippen LogP contribution in [0, 0.1) is 17.3 Å². The maximum atomic E-state index is 4.01.